The molecule has 0 bridgehead atoms. The molecule has 1 N–H and O–H groups in total. The zero-order valence-electron chi connectivity index (χ0n) is 17.5. The van der Waals surface area contributed by atoms with Gasteiger partial charge in [0.25, 0.3) is 0 Å². The third kappa shape index (κ3) is 4.07. The van der Waals surface area contributed by atoms with Gasteiger partial charge in [0, 0.05) is 25.2 Å². The molecule has 1 aliphatic carbocycles. The summed E-state index contributed by atoms with van der Waals surface area (Å²) in [5.41, 5.74) is 1.63. The first-order valence-electron chi connectivity index (χ1n) is 10.7. The van der Waals surface area contributed by atoms with Gasteiger partial charge in [0.15, 0.2) is 11.5 Å². The summed E-state index contributed by atoms with van der Waals surface area (Å²) < 4.78 is 22.0. The number of hydrogen-bond donors (Lipinski definition) is 1. The fourth-order valence-corrected chi connectivity index (χ4v) is 5.06. The topological polar surface area (TPSA) is 77.5 Å². The molecule has 7 nitrogen and oxygen atoms in total. The van der Waals surface area contributed by atoms with Crippen LogP contribution in [0.5, 0.6) is 17.2 Å². The Hall–Kier alpha value is -2.77. The van der Waals surface area contributed by atoms with E-state index >= 15 is 0 Å². The summed E-state index contributed by atoms with van der Waals surface area (Å²) in [6.45, 7) is 3.04. The Bertz CT molecular complexity index is 946. The quantitative estimate of drug-likeness (QED) is 0.738. The van der Waals surface area contributed by atoms with E-state index in [-0.39, 0.29) is 18.9 Å². The Morgan fingerprint density at radius 3 is 2.65 bits per heavy atom. The number of rotatable bonds is 5. The molecule has 0 spiro atoms. The number of nitrogens with zero attached hydrogens (tertiary/aromatic N) is 1. The lowest BCUT2D eigenvalue weighted by atomic mass is 9.78. The molecule has 0 radical (unpaired) electrons. The first-order chi connectivity index (χ1) is 15.1. The summed E-state index contributed by atoms with van der Waals surface area (Å²) in [5.74, 6) is 2.90. The highest BCUT2D eigenvalue weighted by Gasteiger charge is 2.42. The van der Waals surface area contributed by atoms with E-state index in [2.05, 4.69) is 11.0 Å². The van der Waals surface area contributed by atoms with Crippen LogP contribution >= 0.6 is 0 Å². The molecule has 7 heteroatoms. The van der Waals surface area contributed by atoms with E-state index in [1.165, 1.54) is 7.11 Å². The van der Waals surface area contributed by atoms with Crippen LogP contribution in [-0.4, -0.2) is 55.2 Å². The van der Waals surface area contributed by atoms with Crippen LogP contribution in [0.15, 0.2) is 42.5 Å². The van der Waals surface area contributed by atoms with Crippen LogP contribution in [0.2, 0.25) is 0 Å². The summed E-state index contributed by atoms with van der Waals surface area (Å²) >= 11 is 0. The fraction of sp³-hybridized carbons (Fsp3) is 0.458. The Kier molecular flexibility index (Phi) is 5.46. The molecule has 2 aromatic rings. The van der Waals surface area contributed by atoms with E-state index in [0.717, 1.165) is 49.5 Å². The number of aliphatic hydroxyl groups is 1. The third-order valence-corrected chi connectivity index (χ3v) is 6.60. The van der Waals surface area contributed by atoms with Crippen LogP contribution < -0.4 is 14.2 Å². The average Bonchev–Trinajstić information content (AvgIpc) is 3.41. The van der Waals surface area contributed by atoms with Crippen LogP contribution in [0.4, 0.5) is 0 Å². The molecule has 1 saturated heterocycles. The van der Waals surface area contributed by atoms with Crippen molar-refractivity contribution < 1.29 is 28.8 Å². The van der Waals surface area contributed by atoms with Gasteiger partial charge in [0.1, 0.15) is 11.9 Å². The van der Waals surface area contributed by atoms with E-state index in [1.807, 2.05) is 12.1 Å². The molecule has 0 aromatic heterocycles. The maximum atomic E-state index is 11.6. The second-order valence-electron chi connectivity index (χ2n) is 8.58. The molecule has 2 fully saturated rings. The van der Waals surface area contributed by atoms with Gasteiger partial charge in [-0.1, -0.05) is 12.1 Å². The number of likely N-dealkylation sites (tertiary alicyclic amines) is 1. The predicted octanol–water partition coefficient (Wildman–Crippen LogP) is 2.85. The lowest BCUT2D eigenvalue weighted by molar-refractivity contribution is -0.0231. The van der Waals surface area contributed by atoms with Crippen molar-refractivity contribution in [1.82, 2.24) is 4.90 Å². The molecule has 2 heterocycles. The molecule has 3 aliphatic rings. The van der Waals surface area contributed by atoms with Crippen molar-refractivity contribution in [1.29, 1.82) is 0 Å². The molecule has 0 unspecified atom stereocenters. The molecule has 1 saturated carbocycles. The number of carbonyl (C=O) groups excluding carboxylic acids is 1. The van der Waals surface area contributed by atoms with Crippen LogP contribution in [0.3, 0.4) is 0 Å². The number of esters is 1. The van der Waals surface area contributed by atoms with E-state index in [1.54, 1.807) is 24.3 Å². The molecule has 164 valence electrons. The number of carbonyl (C=O) groups is 1. The lowest BCUT2D eigenvalue weighted by Crippen LogP contribution is -2.42. The van der Waals surface area contributed by atoms with Crippen molar-refractivity contribution in [3.8, 4) is 17.2 Å². The molecule has 31 heavy (non-hydrogen) atoms. The molecule has 2 aromatic carbocycles. The minimum absolute atomic E-state index is 0.247. The van der Waals surface area contributed by atoms with Gasteiger partial charge in [-0.25, -0.2) is 4.79 Å². The molecular weight excluding hydrogens is 398 g/mol. The van der Waals surface area contributed by atoms with Crippen LogP contribution in [-0.2, 0) is 11.3 Å². The maximum absolute atomic E-state index is 11.6. The average molecular weight is 425 g/mol. The summed E-state index contributed by atoms with van der Waals surface area (Å²) in [6.07, 6.45) is 0.800. The van der Waals surface area contributed by atoms with E-state index < -0.39 is 6.10 Å². The van der Waals surface area contributed by atoms with Gasteiger partial charge < -0.3 is 24.1 Å². The maximum Gasteiger partial charge on any atom is 0.337 e. The minimum atomic E-state index is -0.501. The fourth-order valence-electron chi connectivity index (χ4n) is 5.06. The summed E-state index contributed by atoms with van der Waals surface area (Å²) in [5, 5.41) is 10.7. The van der Waals surface area contributed by atoms with Crippen molar-refractivity contribution in [2.75, 3.05) is 27.0 Å². The van der Waals surface area contributed by atoms with Gasteiger partial charge in [-0.15, -0.1) is 0 Å². The highest BCUT2D eigenvalue weighted by atomic mass is 16.7. The molecular formula is C24H27NO6. The highest BCUT2D eigenvalue weighted by molar-refractivity contribution is 5.89. The lowest BCUT2D eigenvalue weighted by Gasteiger charge is -2.35. The molecule has 4 atom stereocenters. The molecule has 0 amide bonds. The number of benzene rings is 2. The Labute approximate surface area is 181 Å². The van der Waals surface area contributed by atoms with Gasteiger partial charge in [-0.3, -0.25) is 4.90 Å². The standard InChI is InChI=1S/C24H27NO6/c1-28-24(27)15-5-7-19(8-6-15)31-22-10-18-13-25(12-17(18)9-20(22)26)11-16-3-2-4-21-23(16)30-14-29-21/h2-8,17-18,20,22,26H,9-14H2,1H3/t17-,18+,20+,22+/m0/s1. The summed E-state index contributed by atoms with van der Waals surface area (Å²) in [6, 6.07) is 12.9. The van der Waals surface area contributed by atoms with Gasteiger partial charge in [0.05, 0.1) is 18.8 Å². The van der Waals surface area contributed by atoms with Crippen LogP contribution in [0.1, 0.15) is 28.8 Å². The molecule has 2 aliphatic heterocycles. The normalized spacial score (nSPS) is 27.0. The van der Waals surface area contributed by atoms with Crippen molar-refractivity contribution in [2.45, 2.75) is 31.6 Å². The van der Waals surface area contributed by atoms with Gasteiger partial charge in [0.2, 0.25) is 6.79 Å². The summed E-state index contributed by atoms with van der Waals surface area (Å²) in [4.78, 5) is 14.0. The van der Waals surface area contributed by atoms with Gasteiger partial charge in [-0.2, -0.15) is 0 Å². The van der Waals surface area contributed by atoms with Crippen molar-refractivity contribution >= 4 is 5.97 Å². The van der Waals surface area contributed by atoms with Crippen molar-refractivity contribution in [3.05, 3.63) is 53.6 Å². The first kappa shape index (κ1) is 20.2. The third-order valence-electron chi connectivity index (χ3n) is 6.60. The molecule has 5 rings (SSSR count). The largest absolute Gasteiger partial charge is 0.488 e. The minimum Gasteiger partial charge on any atom is -0.488 e. The van der Waals surface area contributed by atoms with Gasteiger partial charge >= 0.3 is 5.97 Å². The Morgan fingerprint density at radius 2 is 1.87 bits per heavy atom. The Morgan fingerprint density at radius 1 is 1.10 bits per heavy atom. The van der Waals surface area contributed by atoms with Crippen molar-refractivity contribution in [3.63, 3.8) is 0 Å². The zero-order chi connectivity index (χ0) is 21.4. The second kappa shape index (κ2) is 8.40. The Balaban J connectivity index is 1.21. The van der Waals surface area contributed by atoms with Crippen molar-refractivity contribution in [2.24, 2.45) is 11.8 Å². The number of fused-ring (bicyclic) bond motifs is 2. The number of methoxy groups -OCH3 is 1. The van der Waals surface area contributed by atoms with Crippen LogP contribution in [0, 0.1) is 11.8 Å². The highest BCUT2D eigenvalue weighted by Crippen LogP contribution is 2.41. The van der Waals surface area contributed by atoms with E-state index in [9.17, 15) is 9.90 Å². The predicted molar refractivity (Wildman–Crippen MR) is 112 cm³/mol. The SMILES string of the molecule is COC(=O)c1ccc(O[C@@H]2C[C@@H]3CN(Cc4cccc5c4OCO5)C[C@@H]3C[C@H]2O)cc1. The monoisotopic (exact) mass is 425 g/mol. The zero-order valence-corrected chi connectivity index (χ0v) is 17.5. The number of para-hydroxylation sites is 1. The first-order valence-corrected chi connectivity index (χ1v) is 10.7. The van der Waals surface area contributed by atoms with Crippen LogP contribution in [0.25, 0.3) is 0 Å². The van der Waals surface area contributed by atoms with E-state index in [0.29, 0.717) is 23.1 Å². The van der Waals surface area contributed by atoms with E-state index in [4.69, 9.17) is 18.9 Å². The number of aliphatic hydroxyl groups excluding tert-OH is 1. The summed E-state index contributed by atoms with van der Waals surface area (Å²) in [7, 11) is 1.36. The number of ether oxygens (including phenoxy) is 4. The number of hydrogen-bond acceptors (Lipinski definition) is 7. The second-order valence-corrected chi connectivity index (χ2v) is 8.58. The smallest absolute Gasteiger partial charge is 0.337 e. The van der Waals surface area contributed by atoms with Gasteiger partial charge in [-0.05, 0) is 55.0 Å².